The van der Waals surface area contributed by atoms with Gasteiger partial charge in [-0.05, 0) is 110 Å². The summed E-state index contributed by atoms with van der Waals surface area (Å²) in [6, 6.07) is 32.1. The first-order valence-electron chi connectivity index (χ1n) is 10.9. The summed E-state index contributed by atoms with van der Waals surface area (Å²) in [5, 5.41) is 8.06. The van der Waals surface area contributed by atoms with Crippen LogP contribution in [0.1, 0.15) is 47.9 Å². The Morgan fingerprint density at radius 2 is 0.800 bits per heavy atom. The zero-order valence-electron chi connectivity index (χ0n) is 17.2. The molecule has 0 saturated carbocycles. The zero-order valence-corrected chi connectivity index (χ0v) is 17.2. The molecular weight excluding hydrogens is 360 g/mol. The molecule has 0 heteroatoms. The normalized spacial score (nSPS) is 18.9. The summed E-state index contributed by atoms with van der Waals surface area (Å²) >= 11 is 0. The monoisotopic (exact) mass is 382 g/mol. The first kappa shape index (κ1) is 16.4. The molecule has 5 aromatic rings. The lowest BCUT2D eigenvalue weighted by Crippen LogP contribution is -2.03. The second-order valence-electron chi connectivity index (χ2n) is 9.18. The van der Waals surface area contributed by atoms with Crippen LogP contribution < -0.4 is 0 Å². The number of hydrogen-bond acceptors (Lipinski definition) is 0. The predicted molar refractivity (Wildman–Crippen MR) is 127 cm³/mol. The van der Waals surface area contributed by atoms with Gasteiger partial charge in [-0.15, -0.1) is 0 Å². The smallest absolute Gasteiger partial charge is 0.0317 e. The summed E-state index contributed by atoms with van der Waals surface area (Å²) in [6.45, 7) is 4.58. The van der Waals surface area contributed by atoms with E-state index >= 15 is 0 Å². The Labute approximate surface area is 176 Å². The van der Waals surface area contributed by atoms with Crippen molar-refractivity contribution in [2.24, 2.45) is 0 Å². The van der Waals surface area contributed by atoms with E-state index in [0.29, 0.717) is 11.8 Å². The van der Waals surface area contributed by atoms with Crippen molar-refractivity contribution < 1.29 is 0 Å². The van der Waals surface area contributed by atoms with E-state index in [1.165, 1.54) is 60.1 Å². The largest absolute Gasteiger partial charge is 0.0753 e. The molecule has 0 radical (unpaired) electrons. The summed E-state index contributed by atoms with van der Waals surface area (Å²) < 4.78 is 0. The van der Waals surface area contributed by atoms with Crippen LogP contribution in [0.3, 0.4) is 0 Å². The highest BCUT2D eigenvalue weighted by atomic mass is 14.5. The van der Waals surface area contributed by atoms with E-state index in [-0.39, 0.29) is 0 Å². The van der Waals surface area contributed by atoms with Gasteiger partial charge in [0, 0.05) is 11.8 Å². The zero-order chi connectivity index (χ0) is 20.0. The van der Waals surface area contributed by atoms with Crippen LogP contribution in [0.4, 0.5) is 0 Å². The molecule has 2 bridgehead atoms. The van der Waals surface area contributed by atoms with Crippen LogP contribution in [0, 0.1) is 0 Å². The summed E-state index contributed by atoms with van der Waals surface area (Å²) in [7, 11) is 0. The molecule has 2 aliphatic carbocycles. The first-order valence-corrected chi connectivity index (χ1v) is 10.9. The van der Waals surface area contributed by atoms with E-state index in [1.54, 1.807) is 5.57 Å². The molecule has 0 amide bonds. The van der Waals surface area contributed by atoms with E-state index < -0.39 is 0 Å². The molecule has 0 nitrogen and oxygen atoms in total. The number of rotatable bonds is 0. The van der Waals surface area contributed by atoms with Crippen LogP contribution in [0.25, 0.3) is 32.3 Å². The van der Waals surface area contributed by atoms with E-state index in [1.807, 2.05) is 0 Å². The quantitative estimate of drug-likeness (QED) is 0.188. The molecule has 0 N–H and O–H groups in total. The third-order valence-electron chi connectivity index (χ3n) is 7.30. The van der Waals surface area contributed by atoms with E-state index in [0.717, 1.165) is 0 Å². The maximum atomic E-state index is 2.48. The van der Waals surface area contributed by atoms with Crippen LogP contribution in [-0.4, -0.2) is 0 Å². The number of benzene rings is 5. The molecule has 0 spiro atoms. The SMILES string of the molecule is CC(C)=C1C2c3cc4ccccc4cc3C1c1cc3cc4ccccc4cc3cc12. The topological polar surface area (TPSA) is 0 Å². The molecule has 2 aliphatic rings. The van der Waals surface area contributed by atoms with Crippen LogP contribution >= 0.6 is 0 Å². The lowest BCUT2D eigenvalue weighted by atomic mass is 9.83. The van der Waals surface area contributed by atoms with Crippen LogP contribution in [0.15, 0.2) is 96.1 Å². The Bertz CT molecular complexity index is 1450. The Morgan fingerprint density at radius 3 is 1.17 bits per heavy atom. The van der Waals surface area contributed by atoms with Crippen molar-refractivity contribution in [1.29, 1.82) is 0 Å². The highest BCUT2D eigenvalue weighted by Gasteiger charge is 2.46. The lowest BCUT2D eigenvalue weighted by Gasteiger charge is -2.20. The number of hydrogen-bond donors (Lipinski definition) is 0. The highest BCUT2D eigenvalue weighted by Crippen LogP contribution is 2.61. The van der Waals surface area contributed by atoms with E-state index in [2.05, 4.69) is 98.8 Å². The van der Waals surface area contributed by atoms with E-state index in [9.17, 15) is 0 Å². The van der Waals surface area contributed by atoms with Gasteiger partial charge in [0.2, 0.25) is 0 Å². The predicted octanol–water partition coefficient (Wildman–Crippen LogP) is 8.07. The molecule has 2 unspecified atom stereocenters. The fraction of sp³-hybridized carbons (Fsp3) is 0.133. The van der Waals surface area contributed by atoms with Gasteiger partial charge in [0.1, 0.15) is 0 Å². The van der Waals surface area contributed by atoms with Crippen molar-refractivity contribution in [1.82, 2.24) is 0 Å². The van der Waals surface area contributed by atoms with Crippen LogP contribution in [0.2, 0.25) is 0 Å². The van der Waals surface area contributed by atoms with Gasteiger partial charge in [-0.2, -0.15) is 0 Å². The van der Waals surface area contributed by atoms with Crippen molar-refractivity contribution in [3.8, 4) is 0 Å². The third-order valence-corrected chi connectivity index (χ3v) is 7.30. The highest BCUT2D eigenvalue weighted by molar-refractivity contribution is 6.00. The Morgan fingerprint density at radius 1 is 0.467 bits per heavy atom. The van der Waals surface area contributed by atoms with Gasteiger partial charge >= 0.3 is 0 Å². The summed E-state index contributed by atoms with van der Waals surface area (Å²) in [6.07, 6.45) is 0. The van der Waals surface area contributed by atoms with Crippen LogP contribution in [-0.2, 0) is 0 Å². The van der Waals surface area contributed by atoms with Gasteiger partial charge < -0.3 is 0 Å². The summed E-state index contributed by atoms with van der Waals surface area (Å²) in [5.41, 5.74) is 9.14. The van der Waals surface area contributed by atoms with Crippen molar-refractivity contribution in [2.45, 2.75) is 25.7 Å². The fourth-order valence-corrected chi connectivity index (χ4v) is 6.05. The average Bonchev–Trinajstić information content (AvgIpc) is 3.26. The van der Waals surface area contributed by atoms with Gasteiger partial charge in [-0.3, -0.25) is 0 Å². The van der Waals surface area contributed by atoms with Crippen LogP contribution in [0.5, 0.6) is 0 Å². The third kappa shape index (κ3) is 2.01. The van der Waals surface area contributed by atoms with Crippen molar-refractivity contribution in [2.75, 3.05) is 0 Å². The van der Waals surface area contributed by atoms with Crippen molar-refractivity contribution in [3.63, 3.8) is 0 Å². The molecule has 0 aromatic heterocycles. The Balaban J connectivity index is 1.55. The number of fused-ring (bicyclic) bond motifs is 11. The molecule has 7 rings (SSSR count). The second-order valence-corrected chi connectivity index (χ2v) is 9.18. The molecule has 5 aromatic carbocycles. The lowest BCUT2D eigenvalue weighted by molar-refractivity contribution is 0.982. The summed E-state index contributed by atoms with van der Waals surface area (Å²) in [4.78, 5) is 0. The molecule has 2 atom stereocenters. The van der Waals surface area contributed by atoms with Gasteiger partial charge in [0.25, 0.3) is 0 Å². The molecular formula is C30H22. The molecule has 0 aliphatic heterocycles. The number of allylic oxidation sites excluding steroid dienone is 2. The Kier molecular flexibility index (Phi) is 3.07. The first-order chi connectivity index (χ1) is 14.7. The maximum absolute atomic E-state index is 2.48. The molecule has 142 valence electrons. The van der Waals surface area contributed by atoms with Gasteiger partial charge in [0.15, 0.2) is 0 Å². The Hall–Kier alpha value is -3.38. The molecule has 0 heterocycles. The fourth-order valence-electron chi connectivity index (χ4n) is 6.05. The van der Waals surface area contributed by atoms with Gasteiger partial charge in [-0.25, -0.2) is 0 Å². The van der Waals surface area contributed by atoms with Crippen molar-refractivity contribution >= 4 is 32.3 Å². The minimum absolute atomic E-state index is 0.408. The summed E-state index contributed by atoms with van der Waals surface area (Å²) in [5.74, 6) is 0.816. The standard InChI is InChI=1S/C30H22/c1-17(2)28-29-24-13-20-9-5-6-10-21(20)14-25(24)30(28)27-16-23-12-19-8-4-3-7-18(19)11-22(23)15-26(27)29/h3-16,29-30H,1-2H3. The molecule has 0 fully saturated rings. The molecule has 30 heavy (non-hydrogen) atoms. The van der Waals surface area contributed by atoms with Gasteiger partial charge in [-0.1, -0.05) is 54.1 Å². The average molecular weight is 383 g/mol. The van der Waals surface area contributed by atoms with Gasteiger partial charge in [0.05, 0.1) is 0 Å². The van der Waals surface area contributed by atoms with Crippen molar-refractivity contribution in [3.05, 3.63) is 118 Å². The minimum Gasteiger partial charge on any atom is -0.0753 e. The maximum Gasteiger partial charge on any atom is 0.0317 e. The molecule has 0 saturated heterocycles. The minimum atomic E-state index is 0.408. The van der Waals surface area contributed by atoms with E-state index in [4.69, 9.17) is 0 Å². The second kappa shape index (κ2) is 5.61.